The third-order valence-corrected chi connectivity index (χ3v) is 3.95. The van der Waals surface area contributed by atoms with Crippen LogP contribution in [0.25, 0.3) is 0 Å². The molecule has 120 valence electrons. The number of thioether (sulfide) groups is 1. The quantitative estimate of drug-likeness (QED) is 0.830. The van der Waals surface area contributed by atoms with Crippen LogP contribution < -0.4 is 10.6 Å². The highest BCUT2D eigenvalue weighted by atomic mass is 32.2. The molecule has 4 nitrogen and oxygen atoms in total. The van der Waals surface area contributed by atoms with Gasteiger partial charge in [-0.1, -0.05) is 6.07 Å². The fourth-order valence-corrected chi connectivity index (χ4v) is 2.50. The maximum Gasteiger partial charge on any atom is 0.255 e. The highest BCUT2D eigenvalue weighted by molar-refractivity contribution is 7.98. The van der Waals surface area contributed by atoms with Gasteiger partial charge in [-0.2, -0.15) is 0 Å². The van der Waals surface area contributed by atoms with E-state index in [9.17, 15) is 14.0 Å². The second-order valence-electron chi connectivity index (χ2n) is 5.01. The van der Waals surface area contributed by atoms with E-state index in [-0.39, 0.29) is 17.5 Å². The molecule has 0 saturated heterocycles. The monoisotopic (exact) mass is 332 g/mol. The Hall–Kier alpha value is -2.34. The van der Waals surface area contributed by atoms with Crippen molar-refractivity contribution in [2.75, 3.05) is 16.9 Å². The number of rotatable bonds is 4. The molecular weight excluding hydrogens is 315 g/mol. The van der Waals surface area contributed by atoms with E-state index < -0.39 is 5.82 Å². The van der Waals surface area contributed by atoms with Gasteiger partial charge in [0.05, 0.1) is 5.69 Å². The molecule has 0 fully saturated rings. The highest BCUT2D eigenvalue weighted by Crippen LogP contribution is 2.23. The van der Waals surface area contributed by atoms with Crippen LogP contribution in [0, 0.1) is 12.7 Å². The van der Waals surface area contributed by atoms with Crippen LogP contribution in [-0.2, 0) is 4.79 Å². The van der Waals surface area contributed by atoms with Gasteiger partial charge in [0.25, 0.3) is 5.91 Å². The van der Waals surface area contributed by atoms with Gasteiger partial charge >= 0.3 is 0 Å². The van der Waals surface area contributed by atoms with Crippen LogP contribution in [0.4, 0.5) is 15.8 Å². The normalized spacial score (nSPS) is 10.3. The Morgan fingerprint density at radius 3 is 2.48 bits per heavy atom. The zero-order chi connectivity index (χ0) is 17.0. The smallest absolute Gasteiger partial charge is 0.255 e. The van der Waals surface area contributed by atoms with E-state index in [4.69, 9.17) is 0 Å². The fourth-order valence-electron chi connectivity index (χ4n) is 2.06. The molecule has 0 atom stereocenters. The van der Waals surface area contributed by atoms with Gasteiger partial charge in [0.15, 0.2) is 0 Å². The lowest BCUT2D eigenvalue weighted by atomic mass is 10.1. The molecule has 0 radical (unpaired) electrons. The van der Waals surface area contributed by atoms with Crippen molar-refractivity contribution in [2.24, 2.45) is 0 Å². The molecule has 6 heteroatoms. The largest absolute Gasteiger partial charge is 0.324 e. The van der Waals surface area contributed by atoms with Crippen LogP contribution in [0.3, 0.4) is 0 Å². The topological polar surface area (TPSA) is 58.2 Å². The average Bonchev–Trinajstić information content (AvgIpc) is 2.50. The molecule has 0 unspecified atom stereocenters. The molecule has 23 heavy (non-hydrogen) atoms. The van der Waals surface area contributed by atoms with Gasteiger partial charge in [-0.05, 0) is 49.1 Å². The summed E-state index contributed by atoms with van der Waals surface area (Å²) in [6.45, 7) is 3.15. The Kier molecular flexibility index (Phi) is 5.39. The van der Waals surface area contributed by atoms with Crippen LogP contribution in [-0.4, -0.2) is 18.1 Å². The molecule has 0 aliphatic carbocycles. The summed E-state index contributed by atoms with van der Waals surface area (Å²) in [5, 5.41) is 5.11. The van der Waals surface area contributed by atoms with Crippen LogP contribution in [0.2, 0.25) is 0 Å². The third-order valence-electron chi connectivity index (χ3n) is 3.22. The van der Waals surface area contributed by atoms with E-state index in [1.165, 1.54) is 25.1 Å². The van der Waals surface area contributed by atoms with Crippen molar-refractivity contribution in [2.45, 2.75) is 18.7 Å². The van der Waals surface area contributed by atoms with Crippen molar-refractivity contribution >= 4 is 35.0 Å². The second kappa shape index (κ2) is 7.28. The van der Waals surface area contributed by atoms with E-state index in [0.29, 0.717) is 11.3 Å². The predicted octanol–water partition coefficient (Wildman–Crippen LogP) is 4.07. The zero-order valence-corrected chi connectivity index (χ0v) is 13.9. The molecule has 0 aromatic heterocycles. The second-order valence-corrected chi connectivity index (χ2v) is 5.89. The molecular formula is C17H17FN2O2S. The van der Waals surface area contributed by atoms with Crippen molar-refractivity contribution in [3.05, 3.63) is 53.3 Å². The van der Waals surface area contributed by atoms with Gasteiger partial charge in [0, 0.05) is 23.1 Å². The third kappa shape index (κ3) is 4.32. The predicted molar refractivity (Wildman–Crippen MR) is 91.6 cm³/mol. The van der Waals surface area contributed by atoms with E-state index in [1.54, 1.807) is 11.8 Å². The maximum absolute atomic E-state index is 13.6. The molecule has 2 rings (SSSR count). The first kappa shape index (κ1) is 17.0. The summed E-state index contributed by atoms with van der Waals surface area (Å²) in [4.78, 5) is 24.5. The van der Waals surface area contributed by atoms with E-state index in [1.807, 2.05) is 31.4 Å². The number of carbonyl (C=O) groups excluding carboxylic acids is 2. The molecule has 0 spiro atoms. The zero-order valence-electron chi connectivity index (χ0n) is 13.1. The van der Waals surface area contributed by atoms with Crippen molar-refractivity contribution in [1.82, 2.24) is 0 Å². The van der Waals surface area contributed by atoms with E-state index in [0.717, 1.165) is 10.5 Å². The number of carbonyl (C=O) groups is 2. The van der Waals surface area contributed by atoms with Crippen LogP contribution in [0.15, 0.2) is 41.3 Å². The first-order chi connectivity index (χ1) is 10.9. The minimum absolute atomic E-state index is 0.0323. The molecule has 0 aliphatic heterocycles. The first-order valence-corrected chi connectivity index (χ1v) is 8.16. The number of hydrogen-bond acceptors (Lipinski definition) is 3. The Balaban J connectivity index is 2.25. The average molecular weight is 332 g/mol. The van der Waals surface area contributed by atoms with Gasteiger partial charge < -0.3 is 10.6 Å². The number of benzene rings is 2. The summed E-state index contributed by atoms with van der Waals surface area (Å²) in [5.41, 5.74) is 1.85. The molecule has 2 N–H and O–H groups in total. The highest BCUT2D eigenvalue weighted by Gasteiger charge is 2.12. The Morgan fingerprint density at radius 1 is 1.09 bits per heavy atom. The lowest BCUT2D eigenvalue weighted by molar-refractivity contribution is -0.114. The summed E-state index contributed by atoms with van der Waals surface area (Å²) in [5.74, 6) is -1.21. The number of nitrogens with one attached hydrogen (secondary N) is 2. The number of hydrogen-bond donors (Lipinski definition) is 2. The van der Waals surface area contributed by atoms with Crippen LogP contribution >= 0.6 is 11.8 Å². The number of halogens is 1. The molecule has 0 saturated carbocycles. The van der Waals surface area contributed by atoms with Crippen molar-refractivity contribution < 1.29 is 14.0 Å². The molecule has 0 aliphatic rings. The minimum atomic E-state index is -0.557. The molecule has 0 heterocycles. The number of amides is 2. The molecule has 2 amide bonds. The van der Waals surface area contributed by atoms with Gasteiger partial charge in [-0.25, -0.2) is 4.39 Å². The lowest BCUT2D eigenvalue weighted by Gasteiger charge is -2.11. The van der Waals surface area contributed by atoms with Gasteiger partial charge in [-0.3, -0.25) is 9.59 Å². The van der Waals surface area contributed by atoms with Crippen LogP contribution in [0.1, 0.15) is 22.8 Å². The van der Waals surface area contributed by atoms with Gasteiger partial charge in [0.2, 0.25) is 5.91 Å². The Bertz CT molecular complexity index is 762. The minimum Gasteiger partial charge on any atom is -0.324 e. The number of aryl methyl sites for hydroxylation is 1. The molecule has 2 aromatic carbocycles. The van der Waals surface area contributed by atoms with Gasteiger partial charge in [0.1, 0.15) is 5.82 Å². The Labute approximate surface area is 138 Å². The summed E-state index contributed by atoms with van der Waals surface area (Å²) in [6, 6.07) is 9.69. The number of anilines is 2. The standard InChI is InChI=1S/C17H17FN2O2S/c1-10-4-6-13(23-3)9-14(10)17(22)20-12-5-7-15(18)16(8-12)19-11(2)21/h4-9H,1-3H3,(H,19,21)(H,20,22). The van der Waals surface area contributed by atoms with Crippen molar-refractivity contribution in [3.63, 3.8) is 0 Å². The Morgan fingerprint density at radius 2 is 1.83 bits per heavy atom. The maximum atomic E-state index is 13.6. The first-order valence-electron chi connectivity index (χ1n) is 6.94. The molecule has 2 aromatic rings. The van der Waals surface area contributed by atoms with Crippen molar-refractivity contribution in [1.29, 1.82) is 0 Å². The van der Waals surface area contributed by atoms with E-state index in [2.05, 4.69) is 10.6 Å². The van der Waals surface area contributed by atoms with Crippen LogP contribution in [0.5, 0.6) is 0 Å². The SMILES string of the molecule is CSc1ccc(C)c(C(=O)Nc2ccc(F)c(NC(C)=O)c2)c1. The van der Waals surface area contributed by atoms with Gasteiger partial charge in [-0.15, -0.1) is 11.8 Å². The molecule has 0 bridgehead atoms. The lowest BCUT2D eigenvalue weighted by Crippen LogP contribution is -2.14. The fraction of sp³-hybridized carbons (Fsp3) is 0.176. The summed E-state index contributed by atoms with van der Waals surface area (Å²) in [7, 11) is 0. The van der Waals surface area contributed by atoms with E-state index >= 15 is 0 Å². The summed E-state index contributed by atoms with van der Waals surface area (Å²) < 4.78 is 13.6. The van der Waals surface area contributed by atoms with Crippen molar-refractivity contribution in [3.8, 4) is 0 Å². The summed E-state index contributed by atoms with van der Waals surface area (Å²) >= 11 is 1.55. The summed E-state index contributed by atoms with van der Waals surface area (Å²) in [6.07, 6.45) is 1.94.